The predicted molar refractivity (Wildman–Crippen MR) is 178 cm³/mol. The SMILES string of the molecule is COc1cc([C@@H]2Oc3c(O)cc(/C=C/C(=O)OCC4=CC[C@@H]5C(C(=O)O)=CO[C@@H](O[C@@H]6O[C@H](CO)[C@@H](O)[C@H](O)[C@H]6O)[C@H]45)cc3[C@H]2CO)cc(OC)c1O. The van der Waals surface area contributed by atoms with Gasteiger partial charge in [-0.15, -0.1) is 0 Å². The zero-order valence-electron chi connectivity index (χ0n) is 28.5. The number of rotatable bonds is 12. The molecule has 1 fully saturated rings. The molecule has 0 amide bonds. The first-order valence-corrected chi connectivity index (χ1v) is 16.6. The standard InChI is InChI=1S/C36H40O17/c1-47-23-9-17(10-24(48-2)28(23)41)32-20(11-37)19-7-15(8-22(39)33(19)52-32)3-6-26(40)49-13-16-4-5-18-21(34(45)46)14-50-35(27(16)18)53-36-31(44)30(43)29(42)25(12-38)51-36/h3-4,6-10,14,18,20,25,27,29-32,35-39,41-44H,5,11-13H2,1-2H3,(H,45,46)/b6-3+/t18-,20-,25-,27-,29-,30+,31-,32+,35+,36+/m1/s1. The second kappa shape index (κ2) is 15.6. The van der Waals surface area contributed by atoms with Gasteiger partial charge in [0.05, 0.1) is 51.1 Å². The van der Waals surface area contributed by atoms with E-state index in [1.54, 1.807) is 12.1 Å². The van der Waals surface area contributed by atoms with Crippen LogP contribution < -0.4 is 14.2 Å². The number of methoxy groups -OCH3 is 2. The van der Waals surface area contributed by atoms with Gasteiger partial charge in [0.1, 0.15) is 37.1 Å². The average Bonchev–Trinajstić information content (AvgIpc) is 3.75. The van der Waals surface area contributed by atoms with E-state index in [1.165, 1.54) is 38.5 Å². The molecule has 0 saturated carbocycles. The molecule has 17 heteroatoms. The fraction of sp³-hybridized carbons (Fsp3) is 0.444. The van der Waals surface area contributed by atoms with Crippen LogP contribution in [0.3, 0.4) is 0 Å². The zero-order chi connectivity index (χ0) is 38.1. The summed E-state index contributed by atoms with van der Waals surface area (Å²) in [4.78, 5) is 24.9. The van der Waals surface area contributed by atoms with Gasteiger partial charge in [-0.25, -0.2) is 9.59 Å². The first-order chi connectivity index (χ1) is 25.4. The third kappa shape index (κ3) is 7.24. The van der Waals surface area contributed by atoms with Crippen LogP contribution in [0.4, 0.5) is 0 Å². The van der Waals surface area contributed by atoms with Gasteiger partial charge in [-0.2, -0.15) is 0 Å². The number of aliphatic hydroxyl groups is 5. The van der Waals surface area contributed by atoms with Crippen molar-refractivity contribution in [3.8, 4) is 28.7 Å². The Kier molecular flexibility index (Phi) is 11.2. The third-order valence-electron chi connectivity index (χ3n) is 9.83. The normalized spacial score (nSPS) is 30.4. The first-order valence-electron chi connectivity index (χ1n) is 16.6. The number of phenols is 2. The number of allylic oxidation sites excluding steroid dienone is 1. The molecule has 6 rings (SSSR count). The monoisotopic (exact) mass is 744 g/mol. The van der Waals surface area contributed by atoms with Gasteiger partial charge < -0.3 is 74.0 Å². The molecule has 2 aromatic rings. The van der Waals surface area contributed by atoms with E-state index in [0.717, 1.165) is 12.3 Å². The minimum atomic E-state index is -1.74. The van der Waals surface area contributed by atoms with Crippen molar-refractivity contribution in [3.63, 3.8) is 0 Å². The number of aliphatic hydroxyl groups excluding tert-OH is 5. The van der Waals surface area contributed by atoms with Gasteiger partial charge in [0, 0.05) is 23.1 Å². The largest absolute Gasteiger partial charge is 0.504 e. The number of carboxylic acids is 1. The number of aliphatic carboxylic acids is 1. The van der Waals surface area contributed by atoms with Crippen molar-refractivity contribution in [2.24, 2.45) is 11.8 Å². The molecular formula is C36H40O17. The van der Waals surface area contributed by atoms with Gasteiger partial charge in [0.2, 0.25) is 12.0 Å². The molecule has 0 radical (unpaired) electrons. The van der Waals surface area contributed by atoms with Gasteiger partial charge in [-0.05, 0) is 47.9 Å². The number of phenolic OH excluding ortho intramolecular Hbond substituents is 2. The molecule has 1 saturated heterocycles. The van der Waals surface area contributed by atoms with Crippen LogP contribution in [0.25, 0.3) is 6.08 Å². The highest BCUT2D eigenvalue weighted by Crippen LogP contribution is 2.52. The minimum Gasteiger partial charge on any atom is -0.504 e. The summed E-state index contributed by atoms with van der Waals surface area (Å²) in [5.41, 5.74) is 1.74. The van der Waals surface area contributed by atoms with Crippen molar-refractivity contribution in [1.29, 1.82) is 0 Å². The summed E-state index contributed by atoms with van der Waals surface area (Å²) >= 11 is 0. The maximum absolute atomic E-state index is 12.9. The summed E-state index contributed by atoms with van der Waals surface area (Å²) in [5.74, 6) is -4.24. The number of fused-ring (bicyclic) bond motifs is 2. The fourth-order valence-electron chi connectivity index (χ4n) is 7.08. The average molecular weight is 745 g/mol. The Morgan fingerprint density at radius 3 is 2.30 bits per heavy atom. The molecule has 53 heavy (non-hydrogen) atoms. The van der Waals surface area contributed by atoms with Crippen molar-refractivity contribution in [1.82, 2.24) is 0 Å². The van der Waals surface area contributed by atoms with E-state index in [2.05, 4.69) is 0 Å². The van der Waals surface area contributed by atoms with Crippen LogP contribution in [0.1, 0.15) is 35.1 Å². The van der Waals surface area contributed by atoms with Gasteiger partial charge in [-0.3, -0.25) is 0 Å². The number of carbonyl (C=O) groups is 2. The summed E-state index contributed by atoms with van der Waals surface area (Å²) in [6, 6.07) is 6.07. The van der Waals surface area contributed by atoms with E-state index < -0.39 is 79.4 Å². The Bertz CT molecular complexity index is 1770. The Morgan fingerprint density at radius 1 is 0.943 bits per heavy atom. The molecule has 0 bridgehead atoms. The number of ether oxygens (including phenoxy) is 7. The molecule has 3 heterocycles. The number of carboxylic acid groups (broad SMARTS) is 1. The van der Waals surface area contributed by atoms with E-state index in [1.807, 2.05) is 0 Å². The van der Waals surface area contributed by atoms with E-state index in [0.29, 0.717) is 22.3 Å². The predicted octanol–water partition coefficient (Wildman–Crippen LogP) is 0.585. The number of benzene rings is 2. The molecule has 0 aromatic heterocycles. The third-order valence-corrected chi connectivity index (χ3v) is 9.83. The van der Waals surface area contributed by atoms with Crippen molar-refractivity contribution >= 4 is 18.0 Å². The Morgan fingerprint density at radius 2 is 1.66 bits per heavy atom. The van der Waals surface area contributed by atoms with Gasteiger partial charge >= 0.3 is 11.9 Å². The van der Waals surface area contributed by atoms with Gasteiger partial charge in [0.25, 0.3) is 0 Å². The molecule has 8 N–H and O–H groups in total. The topological polar surface area (TPSA) is 261 Å². The lowest BCUT2D eigenvalue weighted by Gasteiger charge is -2.42. The van der Waals surface area contributed by atoms with Crippen LogP contribution in [0.15, 0.2) is 53.8 Å². The van der Waals surface area contributed by atoms with Crippen LogP contribution >= 0.6 is 0 Å². The van der Waals surface area contributed by atoms with E-state index in [9.17, 15) is 50.4 Å². The number of aromatic hydroxyl groups is 2. The second-order valence-electron chi connectivity index (χ2n) is 12.9. The number of carbonyl (C=O) groups excluding carboxylic acids is 1. The van der Waals surface area contributed by atoms with E-state index in [-0.39, 0.29) is 54.0 Å². The molecule has 10 atom stereocenters. The molecule has 4 aliphatic rings. The maximum Gasteiger partial charge on any atom is 0.335 e. The minimum absolute atomic E-state index is 0.0615. The smallest absolute Gasteiger partial charge is 0.335 e. The van der Waals surface area contributed by atoms with Crippen molar-refractivity contribution in [2.75, 3.05) is 34.0 Å². The Hall–Kier alpha value is -4.88. The van der Waals surface area contributed by atoms with Gasteiger partial charge in [-0.1, -0.05) is 6.08 Å². The molecular weight excluding hydrogens is 704 g/mol. The van der Waals surface area contributed by atoms with Crippen molar-refractivity contribution in [3.05, 3.63) is 70.5 Å². The first kappa shape index (κ1) is 37.9. The molecule has 1 aliphatic carbocycles. The van der Waals surface area contributed by atoms with Crippen molar-refractivity contribution in [2.45, 2.75) is 55.4 Å². The Labute approximate surface area is 302 Å². The lowest BCUT2D eigenvalue weighted by atomic mass is 9.83. The molecule has 17 nitrogen and oxygen atoms in total. The van der Waals surface area contributed by atoms with Crippen LogP contribution in [0.5, 0.6) is 28.7 Å². The fourth-order valence-corrected chi connectivity index (χ4v) is 7.08. The summed E-state index contributed by atoms with van der Waals surface area (Å²) < 4.78 is 38.9. The molecule has 2 aromatic carbocycles. The number of hydrogen-bond donors (Lipinski definition) is 8. The van der Waals surface area contributed by atoms with E-state index >= 15 is 0 Å². The summed E-state index contributed by atoms with van der Waals surface area (Å²) in [5, 5.41) is 81.6. The highest BCUT2D eigenvalue weighted by Gasteiger charge is 2.50. The summed E-state index contributed by atoms with van der Waals surface area (Å²) in [6.45, 7) is -1.36. The quantitative estimate of drug-likeness (QED) is 0.0840. The van der Waals surface area contributed by atoms with Crippen LogP contribution in [0, 0.1) is 11.8 Å². The molecule has 286 valence electrons. The van der Waals surface area contributed by atoms with Crippen LogP contribution in [-0.2, 0) is 28.5 Å². The highest BCUT2D eigenvalue weighted by molar-refractivity contribution is 5.88. The zero-order valence-corrected chi connectivity index (χ0v) is 28.5. The van der Waals surface area contributed by atoms with Crippen molar-refractivity contribution < 1.29 is 83.6 Å². The second-order valence-corrected chi connectivity index (χ2v) is 12.9. The number of esters is 1. The summed E-state index contributed by atoms with van der Waals surface area (Å²) in [7, 11) is 2.75. The lowest BCUT2D eigenvalue weighted by molar-refractivity contribution is -0.339. The molecule has 0 unspecified atom stereocenters. The maximum atomic E-state index is 12.9. The summed E-state index contributed by atoms with van der Waals surface area (Å²) in [6.07, 6.45) is -4.50. The van der Waals surface area contributed by atoms with Crippen LogP contribution in [-0.4, -0.2) is 124 Å². The van der Waals surface area contributed by atoms with Crippen LogP contribution in [0.2, 0.25) is 0 Å². The molecule has 0 spiro atoms. The van der Waals surface area contributed by atoms with Gasteiger partial charge in [0.15, 0.2) is 29.3 Å². The lowest BCUT2D eigenvalue weighted by Crippen LogP contribution is -2.60. The number of hydrogen-bond acceptors (Lipinski definition) is 16. The van der Waals surface area contributed by atoms with E-state index in [4.69, 9.17) is 33.2 Å². The Balaban J connectivity index is 1.14. The molecule has 3 aliphatic heterocycles. The highest BCUT2D eigenvalue weighted by atomic mass is 16.8.